The van der Waals surface area contributed by atoms with Gasteiger partial charge in [0.15, 0.2) is 0 Å². The SMILES string of the molecule is FC(F)(F)c1cccc(N2CCN(c3ccncn3)CC2)n1. The lowest BCUT2D eigenvalue weighted by atomic mass is 10.3. The third-order valence-electron chi connectivity index (χ3n) is 3.52. The lowest BCUT2D eigenvalue weighted by Gasteiger charge is -2.36. The van der Waals surface area contributed by atoms with Crippen LogP contribution in [0.1, 0.15) is 5.69 Å². The number of halogens is 3. The van der Waals surface area contributed by atoms with Crippen LogP contribution in [0.25, 0.3) is 0 Å². The Labute approximate surface area is 125 Å². The second kappa shape index (κ2) is 5.78. The van der Waals surface area contributed by atoms with Gasteiger partial charge in [-0.3, -0.25) is 0 Å². The third-order valence-corrected chi connectivity index (χ3v) is 3.52. The molecule has 0 N–H and O–H groups in total. The first-order chi connectivity index (χ1) is 10.5. The summed E-state index contributed by atoms with van der Waals surface area (Å²) in [6, 6.07) is 5.80. The quantitative estimate of drug-likeness (QED) is 0.851. The maximum absolute atomic E-state index is 12.7. The van der Waals surface area contributed by atoms with Crippen molar-refractivity contribution in [3.8, 4) is 0 Å². The predicted octanol–water partition coefficient (Wildman–Crippen LogP) is 2.22. The van der Waals surface area contributed by atoms with Crippen LogP contribution in [0.2, 0.25) is 0 Å². The Bertz CT molecular complexity index is 624. The maximum atomic E-state index is 12.7. The molecule has 2 aromatic heterocycles. The molecule has 0 atom stereocenters. The number of aromatic nitrogens is 3. The first-order valence-electron chi connectivity index (χ1n) is 6.84. The van der Waals surface area contributed by atoms with E-state index in [2.05, 4.69) is 19.9 Å². The minimum Gasteiger partial charge on any atom is -0.353 e. The molecule has 8 heteroatoms. The molecule has 0 spiro atoms. The largest absolute Gasteiger partial charge is 0.433 e. The summed E-state index contributed by atoms with van der Waals surface area (Å²) in [5, 5.41) is 0. The molecule has 116 valence electrons. The Hall–Kier alpha value is -2.38. The fraction of sp³-hybridized carbons (Fsp3) is 0.357. The van der Waals surface area contributed by atoms with Crippen LogP contribution in [0, 0.1) is 0 Å². The van der Waals surface area contributed by atoms with Crippen LogP contribution in [0.5, 0.6) is 0 Å². The van der Waals surface area contributed by atoms with Gasteiger partial charge in [0.1, 0.15) is 23.7 Å². The van der Waals surface area contributed by atoms with Crippen molar-refractivity contribution >= 4 is 11.6 Å². The topological polar surface area (TPSA) is 45.2 Å². The van der Waals surface area contributed by atoms with E-state index < -0.39 is 11.9 Å². The highest BCUT2D eigenvalue weighted by molar-refractivity contribution is 5.44. The average Bonchev–Trinajstić information content (AvgIpc) is 2.55. The number of alkyl halides is 3. The van der Waals surface area contributed by atoms with Gasteiger partial charge in [0, 0.05) is 32.4 Å². The molecule has 3 heterocycles. The van der Waals surface area contributed by atoms with Crippen LogP contribution in [-0.2, 0) is 6.18 Å². The van der Waals surface area contributed by atoms with Gasteiger partial charge in [0.05, 0.1) is 0 Å². The van der Waals surface area contributed by atoms with Crippen LogP contribution < -0.4 is 9.80 Å². The molecule has 1 saturated heterocycles. The fourth-order valence-electron chi connectivity index (χ4n) is 2.39. The molecule has 1 aliphatic heterocycles. The van der Waals surface area contributed by atoms with Crippen LogP contribution in [0.4, 0.5) is 24.8 Å². The smallest absolute Gasteiger partial charge is 0.353 e. The fourth-order valence-corrected chi connectivity index (χ4v) is 2.39. The highest BCUT2D eigenvalue weighted by Gasteiger charge is 2.33. The van der Waals surface area contributed by atoms with Gasteiger partial charge in [-0.1, -0.05) is 6.07 Å². The molecule has 0 bridgehead atoms. The number of hydrogen-bond acceptors (Lipinski definition) is 5. The molecule has 0 aromatic carbocycles. The molecule has 1 fully saturated rings. The Balaban J connectivity index is 1.69. The summed E-state index contributed by atoms with van der Waals surface area (Å²) >= 11 is 0. The van der Waals surface area contributed by atoms with Gasteiger partial charge in [-0.05, 0) is 18.2 Å². The molecule has 5 nitrogen and oxygen atoms in total. The second-order valence-corrected chi connectivity index (χ2v) is 4.92. The van der Waals surface area contributed by atoms with Gasteiger partial charge in [0.25, 0.3) is 0 Å². The summed E-state index contributed by atoms with van der Waals surface area (Å²) in [5.41, 5.74) is -0.858. The highest BCUT2D eigenvalue weighted by atomic mass is 19.4. The van der Waals surface area contributed by atoms with E-state index in [0.29, 0.717) is 32.0 Å². The van der Waals surface area contributed by atoms with Gasteiger partial charge >= 0.3 is 6.18 Å². The van der Waals surface area contributed by atoms with Crippen molar-refractivity contribution < 1.29 is 13.2 Å². The number of rotatable bonds is 2. The summed E-state index contributed by atoms with van der Waals surface area (Å²) in [5.74, 6) is 1.18. The second-order valence-electron chi connectivity index (χ2n) is 4.92. The molecule has 0 amide bonds. The van der Waals surface area contributed by atoms with Crippen LogP contribution in [-0.4, -0.2) is 41.1 Å². The Morgan fingerprint density at radius 1 is 0.909 bits per heavy atom. The normalized spacial score (nSPS) is 16.0. The van der Waals surface area contributed by atoms with Crippen LogP contribution in [0.15, 0.2) is 36.8 Å². The molecule has 0 unspecified atom stereocenters. The van der Waals surface area contributed by atoms with E-state index in [-0.39, 0.29) is 0 Å². The van der Waals surface area contributed by atoms with Gasteiger partial charge in [-0.15, -0.1) is 0 Å². The van der Waals surface area contributed by atoms with Crippen molar-refractivity contribution in [2.24, 2.45) is 0 Å². The zero-order valence-electron chi connectivity index (χ0n) is 11.7. The first kappa shape index (κ1) is 14.6. The van der Waals surface area contributed by atoms with E-state index in [0.717, 1.165) is 11.9 Å². The number of piperazine rings is 1. The average molecular weight is 309 g/mol. The summed E-state index contributed by atoms with van der Waals surface area (Å²) in [4.78, 5) is 15.7. The lowest BCUT2D eigenvalue weighted by molar-refractivity contribution is -0.141. The molecule has 3 rings (SSSR count). The van der Waals surface area contributed by atoms with Gasteiger partial charge < -0.3 is 9.80 Å². The maximum Gasteiger partial charge on any atom is 0.433 e. The van der Waals surface area contributed by atoms with E-state index >= 15 is 0 Å². The van der Waals surface area contributed by atoms with E-state index in [1.807, 2.05) is 11.0 Å². The molecular formula is C14H14F3N5. The van der Waals surface area contributed by atoms with Crippen molar-refractivity contribution in [1.29, 1.82) is 0 Å². The van der Waals surface area contributed by atoms with Crippen molar-refractivity contribution in [2.45, 2.75) is 6.18 Å². The summed E-state index contributed by atoms with van der Waals surface area (Å²) in [6.07, 6.45) is -1.27. The summed E-state index contributed by atoms with van der Waals surface area (Å²) in [7, 11) is 0. The zero-order valence-corrected chi connectivity index (χ0v) is 11.7. The molecule has 22 heavy (non-hydrogen) atoms. The third kappa shape index (κ3) is 3.10. The molecule has 0 radical (unpaired) electrons. The number of hydrogen-bond donors (Lipinski definition) is 0. The molecular weight excluding hydrogens is 295 g/mol. The van der Waals surface area contributed by atoms with Crippen molar-refractivity contribution in [1.82, 2.24) is 15.0 Å². The molecule has 0 saturated carbocycles. The molecule has 0 aliphatic carbocycles. The summed E-state index contributed by atoms with van der Waals surface area (Å²) in [6.45, 7) is 2.54. The number of anilines is 2. The first-order valence-corrected chi connectivity index (χ1v) is 6.84. The van der Waals surface area contributed by atoms with Gasteiger partial charge in [-0.25, -0.2) is 15.0 Å². The van der Waals surface area contributed by atoms with E-state index in [1.54, 1.807) is 12.3 Å². The van der Waals surface area contributed by atoms with Crippen LogP contribution >= 0.6 is 0 Å². The summed E-state index contributed by atoms with van der Waals surface area (Å²) < 4.78 is 38.1. The van der Waals surface area contributed by atoms with Crippen LogP contribution in [0.3, 0.4) is 0 Å². The predicted molar refractivity (Wildman–Crippen MR) is 75.7 cm³/mol. The van der Waals surface area contributed by atoms with Gasteiger partial charge in [-0.2, -0.15) is 13.2 Å². The zero-order chi connectivity index (χ0) is 15.6. The minimum atomic E-state index is -4.42. The monoisotopic (exact) mass is 309 g/mol. The van der Waals surface area contributed by atoms with E-state index in [9.17, 15) is 13.2 Å². The molecule has 2 aromatic rings. The van der Waals surface area contributed by atoms with Crippen molar-refractivity contribution in [2.75, 3.05) is 36.0 Å². The van der Waals surface area contributed by atoms with Gasteiger partial charge in [0.2, 0.25) is 0 Å². The van der Waals surface area contributed by atoms with E-state index in [1.165, 1.54) is 12.4 Å². The lowest BCUT2D eigenvalue weighted by Crippen LogP contribution is -2.47. The number of pyridine rings is 1. The molecule has 1 aliphatic rings. The van der Waals surface area contributed by atoms with E-state index in [4.69, 9.17) is 0 Å². The minimum absolute atomic E-state index is 0.358. The standard InChI is InChI=1S/C14H14F3N5/c15-14(16,17)11-2-1-3-13(20-11)22-8-6-21(7-9-22)12-4-5-18-10-19-12/h1-5,10H,6-9H2. The Kier molecular flexibility index (Phi) is 3.82. The Morgan fingerprint density at radius 2 is 1.59 bits per heavy atom. The highest BCUT2D eigenvalue weighted by Crippen LogP contribution is 2.29. The van der Waals surface area contributed by atoms with Crippen molar-refractivity contribution in [3.05, 3.63) is 42.5 Å². The number of nitrogens with zero attached hydrogens (tertiary/aromatic N) is 5. The van der Waals surface area contributed by atoms with Crippen molar-refractivity contribution in [3.63, 3.8) is 0 Å². The Morgan fingerprint density at radius 3 is 2.18 bits per heavy atom.